The van der Waals surface area contributed by atoms with Gasteiger partial charge in [-0.1, -0.05) is 0 Å². The Labute approximate surface area is 211 Å². The van der Waals surface area contributed by atoms with E-state index in [0.717, 1.165) is 10.6 Å². The molecule has 196 valence electrons. The van der Waals surface area contributed by atoms with Crippen molar-refractivity contribution in [3.05, 3.63) is 82.3 Å². The van der Waals surface area contributed by atoms with Crippen molar-refractivity contribution in [3.63, 3.8) is 0 Å². The number of benzene rings is 2. The number of rotatable bonds is 3. The van der Waals surface area contributed by atoms with E-state index in [9.17, 15) is 22.4 Å². The minimum atomic E-state index is -4.92. The second-order valence-corrected chi connectivity index (χ2v) is 9.09. The van der Waals surface area contributed by atoms with Crippen LogP contribution in [0, 0.1) is 11.6 Å². The third-order valence-corrected chi connectivity index (χ3v) is 6.82. The van der Waals surface area contributed by atoms with Crippen molar-refractivity contribution < 1.29 is 22.0 Å². The molecule has 0 unspecified atom stereocenters. The summed E-state index contributed by atoms with van der Waals surface area (Å²) < 4.78 is 75.4. The molecule has 3 aromatic heterocycles. The normalized spacial score (nSPS) is 15.8. The number of fused-ring (bicyclic) bond motifs is 2. The first-order valence-electron chi connectivity index (χ1n) is 11.7. The second-order valence-electron chi connectivity index (χ2n) is 9.09. The molecule has 6 rings (SSSR count). The van der Waals surface area contributed by atoms with Gasteiger partial charge in [0.1, 0.15) is 17.2 Å². The molecule has 1 N–H and O–H groups in total. The van der Waals surface area contributed by atoms with Gasteiger partial charge in [0.15, 0.2) is 5.82 Å². The van der Waals surface area contributed by atoms with E-state index in [1.807, 2.05) is 6.92 Å². The quantitative estimate of drug-likeness (QED) is 0.353. The number of alkyl halides is 3. The largest absolute Gasteiger partial charge is 0.419 e. The number of aryl methyl sites for hydroxylation is 1. The average Bonchev–Trinajstić information content (AvgIpc) is 3.55. The van der Waals surface area contributed by atoms with E-state index >= 15 is 4.39 Å². The van der Waals surface area contributed by atoms with Gasteiger partial charge in [-0.2, -0.15) is 23.4 Å². The van der Waals surface area contributed by atoms with Crippen molar-refractivity contribution in [1.82, 2.24) is 34.0 Å². The van der Waals surface area contributed by atoms with Gasteiger partial charge in [0.2, 0.25) is 0 Å². The fourth-order valence-corrected chi connectivity index (χ4v) is 4.97. The van der Waals surface area contributed by atoms with Crippen molar-refractivity contribution in [1.29, 1.82) is 0 Å². The van der Waals surface area contributed by atoms with Crippen LogP contribution in [0.1, 0.15) is 24.2 Å². The lowest BCUT2D eigenvalue weighted by Crippen LogP contribution is -2.33. The lowest BCUT2D eigenvalue weighted by Gasteiger charge is -2.23. The van der Waals surface area contributed by atoms with Crippen molar-refractivity contribution >= 4 is 10.9 Å². The summed E-state index contributed by atoms with van der Waals surface area (Å²) in [6, 6.07) is 5.40. The first kappa shape index (κ1) is 24.1. The fourth-order valence-electron chi connectivity index (χ4n) is 4.97. The number of nitrogens with zero attached hydrogens (tertiary/aromatic N) is 6. The van der Waals surface area contributed by atoms with Crippen LogP contribution in [0.25, 0.3) is 33.5 Å². The molecule has 1 atom stereocenters. The van der Waals surface area contributed by atoms with Gasteiger partial charge in [-0.15, -0.1) is 0 Å². The molecule has 4 heterocycles. The smallest absolute Gasteiger partial charge is 0.307 e. The van der Waals surface area contributed by atoms with Crippen molar-refractivity contribution in [3.8, 4) is 22.6 Å². The van der Waals surface area contributed by atoms with Gasteiger partial charge in [-0.3, -0.25) is 18.5 Å². The molecule has 38 heavy (non-hydrogen) atoms. The predicted octanol–water partition coefficient (Wildman–Crippen LogP) is 4.34. The molecule has 1 aliphatic heterocycles. The molecule has 0 bridgehead atoms. The third kappa shape index (κ3) is 3.56. The Balaban J connectivity index is 1.57. The Hall–Kier alpha value is -4.26. The number of halogens is 5. The zero-order valence-electron chi connectivity index (χ0n) is 20.1. The van der Waals surface area contributed by atoms with Gasteiger partial charge in [-0.05, 0) is 37.3 Å². The van der Waals surface area contributed by atoms with Crippen molar-refractivity contribution in [2.75, 3.05) is 6.54 Å². The molecule has 0 saturated heterocycles. The average molecular weight is 529 g/mol. The summed E-state index contributed by atoms with van der Waals surface area (Å²) in [7, 11) is 1.67. The van der Waals surface area contributed by atoms with Gasteiger partial charge < -0.3 is 5.32 Å². The number of imidazole rings is 1. The van der Waals surface area contributed by atoms with Crippen LogP contribution in [-0.2, 0) is 19.8 Å². The molecule has 5 aromatic rings. The van der Waals surface area contributed by atoms with E-state index in [0.29, 0.717) is 30.4 Å². The zero-order valence-corrected chi connectivity index (χ0v) is 20.1. The molecule has 2 aromatic carbocycles. The van der Waals surface area contributed by atoms with Crippen LogP contribution < -0.4 is 11.0 Å². The SMILES string of the molecule is C[C@@H]1NCCn2nc(-c3ccc(F)c(C(F)(F)F)c3)c(-n3ccn(-c4ccc5c(cnn5C)c4F)c3=O)c21. The Morgan fingerprint density at radius 2 is 1.84 bits per heavy atom. The van der Waals surface area contributed by atoms with Gasteiger partial charge in [0.05, 0.1) is 40.6 Å². The Morgan fingerprint density at radius 1 is 1.08 bits per heavy atom. The highest BCUT2D eigenvalue weighted by Crippen LogP contribution is 2.38. The van der Waals surface area contributed by atoms with Crippen LogP contribution in [0.5, 0.6) is 0 Å². The molecule has 0 spiro atoms. The molecular weight excluding hydrogens is 509 g/mol. The Bertz CT molecular complexity index is 1780. The van der Waals surface area contributed by atoms with Crippen molar-refractivity contribution in [2.24, 2.45) is 7.05 Å². The summed E-state index contributed by atoms with van der Waals surface area (Å²) in [4.78, 5) is 13.7. The highest BCUT2D eigenvalue weighted by Gasteiger charge is 2.35. The Morgan fingerprint density at radius 3 is 2.61 bits per heavy atom. The topological polar surface area (TPSA) is 74.6 Å². The monoisotopic (exact) mass is 529 g/mol. The second kappa shape index (κ2) is 8.38. The minimum Gasteiger partial charge on any atom is -0.307 e. The highest BCUT2D eigenvalue weighted by atomic mass is 19.4. The molecule has 13 heteroatoms. The maximum atomic E-state index is 15.4. The highest BCUT2D eigenvalue weighted by molar-refractivity contribution is 5.82. The number of hydrogen-bond donors (Lipinski definition) is 1. The maximum absolute atomic E-state index is 15.4. The molecule has 0 amide bonds. The van der Waals surface area contributed by atoms with Crippen LogP contribution in [0.2, 0.25) is 0 Å². The predicted molar refractivity (Wildman–Crippen MR) is 128 cm³/mol. The maximum Gasteiger partial charge on any atom is 0.419 e. The standard InChI is InChI=1S/C25H20F5N7O/c1-13-22-23(21(33-37(22)8-7-31-13)14-3-4-17(26)16(11-14)25(28,29)30)36-10-9-35(24(36)38)19-6-5-18-15(20(19)27)12-32-34(18)2/h3-6,9-13,31H,7-8H2,1-2H3/t13-/m0/s1. The van der Waals surface area contributed by atoms with Crippen LogP contribution in [0.15, 0.2) is 53.7 Å². The summed E-state index contributed by atoms with van der Waals surface area (Å²) >= 11 is 0. The number of nitrogens with one attached hydrogen (secondary N) is 1. The summed E-state index contributed by atoms with van der Waals surface area (Å²) in [5.41, 5.74) is -0.694. The zero-order chi connectivity index (χ0) is 26.9. The van der Waals surface area contributed by atoms with Gasteiger partial charge in [0.25, 0.3) is 0 Å². The van der Waals surface area contributed by atoms with Crippen LogP contribution >= 0.6 is 0 Å². The molecule has 0 aliphatic carbocycles. The summed E-state index contributed by atoms with van der Waals surface area (Å²) in [6.45, 7) is 2.80. The molecule has 8 nitrogen and oxygen atoms in total. The Kier molecular flexibility index (Phi) is 5.31. The lowest BCUT2D eigenvalue weighted by atomic mass is 10.0. The van der Waals surface area contributed by atoms with Crippen LogP contribution in [-0.4, -0.2) is 35.2 Å². The summed E-state index contributed by atoms with van der Waals surface area (Å²) in [6.07, 6.45) is -0.769. The first-order valence-corrected chi connectivity index (χ1v) is 11.7. The van der Waals surface area contributed by atoms with Crippen molar-refractivity contribution in [2.45, 2.75) is 25.7 Å². The molecular formula is C25H20F5N7O. The first-order chi connectivity index (χ1) is 18.1. The minimum absolute atomic E-state index is 0.00886. The fraction of sp³-hybridized carbons (Fsp3) is 0.240. The number of aromatic nitrogens is 6. The van der Waals surface area contributed by atoms with E-state index in [4.69, 9.17) is 0 Å². The molecule has 0 fully saturated rings. The van der Waals surface area contributed by atoms with E-state index in [1.165, 1.54) is 40.0 Å². The van der Waals surface area contributed by atoms with E-state index in [1.54, 1.807) is 17.8 Å². The van der Waals surface area contributed by atoms with E-state index in [-0.39, 0.29) is 34.1 Å². The molecule has 0 saturated carbocycles. The van der Waals surface area contributed by atoms with Crippen LogP contribution in [0.4, 0.5) is 22.0 Å². The lowest BCUT2D eigenvalue weighted by molar-refractivity contribution is -0.139. The van der Waals surface area contributed by atoms with Gasteiger partial charge >= 0.3 is 11.9 Å². The van der Waals surface area contributed by atoms with Gasteiger partial charge in [0, 0.05) is 37.6 Å². The summed E-state index contributed by atoms with van der Waals surface area (Å²) in [5.74, 6) is -2.05. The van der Waals surface area contributed by atoms with E-state index in [2.05, 4.69) is 15.5 Å². The summed E-state index contributed by atoms with van der Waals surface area (Å²) in [5, 5.41) is 12.1. The van der Waals surface area contributed by atoms with E-state index < -0.39 is 29.1 Å². The van der Waals surface area contributed by atoms with Gasteiger partial charge in [-0.25, -0.2) is 13.6 Å². The number of hydrogen-bond acceptors (Lipinski definition) is 4. The van der Waals surface area contributed by atoms with Crippen LogP contribution in [0.3, 0.4) is 0 Å². The third-order valence-electron chi connectivity index (χ3n) is 6.82. The molecule has 0 radical (unpaired) electrons. The molecule has 1 aliphatic rings.